The van der Waals surface area contributed by atoms with Crippen LogP contribution in [0.5, 0.6) is 0 Å². The van der Waals surface area contributed by atoms with Gasteiger partial charge in [-0.15, -0.1) is 0 Å². The van der Waals surface area contributed by atoms with E-state index in [9.17, 15) is 4.39 Å². The van der Waals surface area contributed by atoms with Crippen molar-refractivity contribution in [2.45, 2.75) is 0 Å². The topological polar surface area (TPSA) is 32.3 Å². The predicted molar refractivity (Wildman–Crippen MR) is 28.1 cm³/mol. The number of nitrogens with one attached hydrogen (secondary N) is 1. The van der Waals surface area contributed by atoms with E-state index in [1.54, 1.807) is 0 Å². The van der Waals surface area contributed by atoms with Gasteiger partial charge in [-0.05, 0) is 5.57 Å². The average Bonchev–Trinajstić information content (AvgIpc) is 1.62. The van der Waals surface area contributed by atoms with Crippen LogP contribution in [-0.2, 0) is 0 Å². The first-order chi connectivity index (χ1) is 3.84. The van der Waals surface area contributed by atoms with Crippen molar-refractivity contribution in [3.8, 4) is 0 Å². The lowest BCUT2D eigenvalue weighted by atomic mass is 10.1. The number of hydrogen-bond acceptors (Lipinski definition) is 2. The van der Waals surface area contributed by atoms with E-state index in [4.69, 9.17) is 5.11 Å². The number of halogens is 1. The van der Waals surface area contributed by atoms with Gasteiger partial charge in [-0.1, -0.05) is 0 Å². The Morgan fingerprint density at radius 2 is 2.38 bits per heavy atom. The molecule has 0 aromatic heterocycles. The fraction of sp³-hybridized carbons (Fsp3) is 0.600. The number of aliphatic hydroxyl groups is 1. The minimum Gasteiger partial charge on any atom is -0.389 e. The second-order valence-corrected chi connectivity index (χ2v) is 1.77. The predicted octanol–water partition coefficient (Wildman–Crippen LogP) is -0.195. The Hall–Kier alpha value is -0.410. The third kappa shape index (κ3) is 0.877. The molecule has 0 bridgehead atoms. The van der Waals surface area contributed by atoms with Gasteiger partial charge in [0.15, 0.2) is 0 Å². The van der Waals surface area contributed by atoms with E-state index < -0.39 is 6.61 Å². The molecule has 0 radical (unpaired) electrons. The maximum Gasteiger partial charge on any atom is 0.127 e. The van der Waals surface area contributed by atoms with Crippen LogP contribution in [0.1, 0.15) is 0 Å². The van der Waals surface area contributed by atoms with Gasteiger partial charge in [-0.3, -0.25) is 0 Å². The van der Waals surface area contributed by atoms with Gasteiger partial charge in [0.05, 0.1) is 6.61 Å². The zero-order chi connectivity index (χ0) is 5.98. The van der Waals surface area contributed by atoms with E-state index in [-0.39, 0.29) is 5.83 Å². The quantitative estimate of drug-likeness (QED) is 0.498. The summed E-state index contributed by atoms with van der Waals surface area (Å²) in [5, 5.41) is 11.1. The first-order valence-corrected chi connectivity index (χ1v) is 2.52. The summed E-state index contributed by atoms with van der Waals surface area (Å²) in [7, 11) is 0. The Bertz CT molecular complexity index is 110. The molecule has 2 nitrogen and oxygen atoms in total. The highest BCUT2D eigenvalue weighted by Gasteiger charge is 2.11. The smallest absolute Gasteiger partial charge is 0.127 e. The summed E-state index contributed by atoms with van der Waals surface area (Å²) in [6, 6.07) is 0. The zero-order valence-electron chi connectivity index (χ0n) is 4.45. The molecule has 46 valence electrons. The van der Waals surface area contributed by atoms with Crippen LogP contribution in [0.25, 0.3) is 0 Å². The molecule has 3 heteroatoms. The molecule has 0 atom stereocenters. The monoisotopic (exact) mass is 117 g/mol. The van der Waals surface area contributed by atoms with Crippen LogP contribution in [0.15, 0.2) is 11.4 Å². The molecule has 8 heavy (non-hydrogen) atoms. The second-order valence-electron chi connectivity index (χ2n) is 1.77. The van der Waals surface area contributed by atoms with Gasteiger partial charge >= 0.3 is 0 Å². The van der Waals surface area contributed by atoms with Crippen molar-refractivity contribution in [2.24, 2.45) is 0 Å². The molecule has 0 aromatic rings. The molecule has 0 unspecified atom stereocenters. The average molecular weight is 117 g/mol. The normalized spacial score (nSPS) is 18.0. The van der Waals surface area contributed by atoms with Crippen molar-refractivity contribution in [1.29, 1.82) is 0 Å². The molecular formula is C5H8FNO. The molecule has 1 fully saturated rings. The molecule has 0 aliphatic carbocycles. The van der Waals surface area contributed by atoms with Gasteiger partial charge in [-0.2, -0.15) is 0 Å². The molecule has 1 heterocycles. The number of hydrogen-bond donors (Lipinski definition) is 2. The molecular weight excluding hydrogens is 109 g/mol. The number of aliphatic hydroxyl groups excluding tert-OH is 1. The maximum absolute atomic E-state index is 12.2. The minimum absolute atomic E-state index is 0.372. The fourth-order valence-electron chi connectivity index (χ4n) is 0.554. The van der Waals surface area contributed by atoms with Crippen LogP contribution in [0, 0.1) is 0 Å². The van der Waals surface area contributed by atoms with Crippen LogP contribution in [-0.4, -0.2) is 24.8 Å². The van der Waals surface area contributed by atoms with Crippen molar-refractivity contribution in [3.05, 3.63) is 11.4 Å². The molecule has 1 rings (SSSR count). The lowest BCUT2D eigenvalue weighted by molar-refractivity contribution is 0.292. The van der Waals surface area contributed by atoms with Gasteiger partial charge < -0.3 is 10.4 Å². The van der Waals surface area contributed by atoms with Crippen LogP contribution >= 0.6 is 0 Å². The standard InChI is InChI=1S/C5H8FNO/c6-5(3-8)4-1-7-2-4/h7-8H,1-3H2. The summed E-state index contributed by atoms with van der Waals surface area (Å²) in [5.41, 5.74) is 0.701. The van der Waals surface area contributed by atoms with Crippen molar-refractivity contribution in [1.82, 2.24) is 5.32 Å². The van der Waals surface area contributed by atoms with Crippen LogP contribution in [0.4, 0.5) is 4.39 Å². The number of rotatable bonds is 1. The molecule has 1 saturated heterocycles. The Morgan fingerprint density at radius 3 is 2.50 bits per heavy atom. The molecule has 0 aromatic carbocycles. The minimum atomic E-state index is -0.447. The van der Waals surface area contributed by atoms with Crippen molar-refractivity contribution in [3.63, 3.8) is 0 Å². The Morgan fingerprint density at radius 1 is 1.75 bits per heavy atom. The first-order valence-electron chi connectivity index (χ1n) is 2.52. The van der Waals surface area contributed by atoms with E-state index in [0.29, 0.717) is 18.7 Å². The molecule has 0 saturated carbocycles. The highest BCUT2D eigenvalue weighted by molar-refractivity contribution is 5.18. The van der Waals surface area contributed by atoms with Crippen molar-refractivity contribution >= 4 is 0 Å². The van der Waals surface area contributed by atoms with Gasteiger partial charge in [0, 0.05) is 13.1 Å². The molecule has 2 N–H and O–H groups in total. The Labute approximate surface area is 47.0 Å². The third-order valence-corrected chi connectivity index (χ3v) is 1.20. The Balaban J connectivity index is 2.47. The van der Waals surface area contributed by atoms with E-state index in [0.717, 1.165) is 0 Å². The SMILES string of the molecule is OCC(F)=C1CNC1. The zero-order valence-corrected chi connectivity index (χ0v) is 4.45. The molecule has 0 spiro atoms. The van der Waals surface area contributed by atoms with E-state index in [2.05, 4.69) is 5.32 Å². The van der Waals surface area contributed by atoms with E-state index in [1.807, 2.05) is 0 Å². The largest absolute Gasteiger partial charge is 0.389 e. The van der Waals surface area contributed by atoms with Crippen molar-refractivity contribution in [2.75, 3.05) is 19.7 Å². The van der Waals surface area contributed by atoms with E-state index >= 15 is 0 Å². The maximum atomic E-state index is 12.2. The molecule has 0 amide bonds. The highest BCUT2D eigenvalue weighted by Crippen LogP contribution is 2.08. The van der Waals surface area contributed by atoms with Crippen molar-refractivity contribution < 1.29 is 9.50 Å². The van der Waals surface area contributed by atoms with Crippen LogP contribution in [0.3, 0.4) is 0 Å². The summed E-state index contributed by atoms with van der Waals surface area (Å²) >= 11 is 0. The first kappa shape index (κ1) is 5.72. The summed E-state index contributed by atoms with van der Waals surface area (Å²) in [6.07, 6.45) is 0. The van der Waals surface area contributed by atoms with Gasteiger partial charge in [0.2, 0.25) is 0 Å². The summed E-state index contributed by atoms with van der Waals surface area (Å²) < 4.78 is 12.2. The van der Waals surface area contributed by atoms with Crippen LogP contribution in [0.2, 0.25) is 0 Å². The molecule has 1 aliphatic heterocycles. The van der Waals surface area contributed by atoms with Gasteiger partial charge in [0.25, 0.3) is 0 Å². The lowest BCUT2D eigenvalue weighted by Gasteiger charge is -2.18. The summed E-state index contributed by atoms with van der Waals surface area (Å²) in [6.45, 7) is 0.760. The van der Waals surface area contributed by atoms with E-state index in [1.165, 1.54) is 0 Å². The van der Waals surface area contributed by atoms with Gasteiger partial charge in [0.1, 0.15) is 5.83 Å². The second kappa shape index (κ2) is 2.24. The Kier molecular flexibility index (Phi) is 1.60. The highest BCUT2D eigenvalue weighted by atomic mass is 19.1. The summed E-state index contributed by atoms with van der Waals surface area (Å²) in [4.78, 5) is 0. The lowest BCUT2D eigenvalue weighted by Crippen LogP contribution is -2.34. The van der Waals surface area contributed by atoms with Crippen LogP contribution < -0.4 is 5.32 Å². The van der Waals surface area contributed by atoms with Gasteiger partial charge in [-0.25, -0.2) is 4.39 Å². The molecule has 1 aliphatic rings. The third-order valence-electron chi connectivity index (χ3n) is 1.20. The summed E-state index contributed by atoms with van der Waals surface area (Å²) in [5.74, 6) is -0.372. The fourth-order valence-corrected chi connectivity index (χ4v) is 0.554.